The molecule has 2 rings (SSSR count). The van der Waals surface area contributed by atoms with Crippen LogP contribution in [-0.4, -0.2) is 79.1 Å². The monoisotopic (exact) mass is 706 g/mol. The number of methoxy groups -OCH3 is 5. The van der Waals surface area contributed by atoms with E-state index < -0.39 is 36.8 Å². The van der Waals surface area contributed by atoms with E-state index in [9.17, 15) is 0 Å². The second-order valence-corrected chi connectivity index (χ2v) is 38.9. The molecule has 0 heterocycles. The Morgan fingerprint density at radius 1 is 0.600 bits per heavy atom. The molecule has 0 aliphatic heterocycles. The summed E-state index contributed by atoms with van der Waals surface area (Å²) < 4.78 is 42.7. The molecule has 2 aromatic carbocycles. The third kappa shape index (κ3) is 7.26. The average Bonchev–Trinajstić information content (AvgIpc) is 2.79. The molecule has 0 aliphatic carbocycles. The maximum atomic E-state index is 6.36. The molecular formula is C26H42O7Sn2. The molecule has 0 saturated heterocycles. The first-order chi connectivity index (χ1) is 16.4. The molecule has 0 aromatic heterocycles. The normalized spacial score (nSPS) is 11.9. The molecule has 2 aromatic rings. The van der Waals surface area contributed by atoms with Crippen LogP contribution in [0.25, 0.3) is 0 Å². The van der Waals surface area contributed by atoms with Gasteiger partial charge in [0.05, 0.1) is 0 Å². The van der Waals surface area contributed by atoms with Crippen molar-refractivity contribution in [2.45, 2.75) is 42.9 Å². The fourth-order valence-corrected chi connectivity index (χ4v) is 15.9. The van der Waals surface area contributed by atoms with Gasteiger partial charge in [-0.25, -0.2) is 0 Å². The molecule has 0 unspecified atom stereocenters. The van der Waals surface area contributed by atoms with Gasteiger partial charge in [0.25, 0.3) is 0 Å². The molecule has 196 valence electrons. The van der Waals surface area contributed by atoms with Crippen LogP contribution >= 0.6 is 0 Å². The fourth-order valence-electron chi connectivity index (χ4n) is 4.40. The van der Waals surface area contributed by atoms with Crippen LogP contribution in [0.2, 0.25) is 29.6 Å². The SMILES string of the molecule is COCOc1ccc(COCc2cc(OC)c(OC)c(OC)[c]2[Sn]([CH3])([CH3])[CH3])[c]([Sn]([CH3])([CH3])[CH3])c1OC. The van der Waals surface area contributed by atoms with E-state index in [-0.39, 0.29) is 6.79 Å². The molecule has 35 heavy (non-hydrogen) atoms. The number of rotatable bonds is 13. The molecule has 0 bridgehead atoms. The standard InChI is InChI=1S/C20H24O7.6CH3.2Sn/c1-21-13-27-16-7-6-14(8-17(16)22-2)11-26-12-15-9-18(23-3)20(25-5)19(10-15)24-4;;;;;;;;/h6-7,9H,11-13H2,1-5H3;6*1H3;;. The van der Waals surface area contributed by atoms with Gasteiger partial charge in [0, 0.05) is 0 Å². The van der Waals surface area contributed by atoms with Gasteiger partial charge in [0.2, 0.25) is 0 Å². The van der Waals surface area contributed by atoms with E-state index in [1.165, 1.54) is 7.16 Å². The minimum absolute atomic E-state index is 0.175. The summed E-state index contributed by atoms with van der Waals surface area (Å²) in [4.78, 5) is 14.2. The summed E-state index contributed by atoms with van der Waals surface area (Å²) in [6.07, 6.45) is 0. The first-order valence-corrected chi connectivity index (χ1v) is 31.6. The Balaban J connectivity index is 2.46. The molecule has 0 fully saturated rings. The van der Waals surface area contributed by atoms with E-state index in [2.05, 4.69) is 35.7 Å². The predicted molar refractivity (Wildman–Crippen MR) is 146 cm³/mol. The van der Waals surface area contributed by atoms with Crippen molar-refractivity contribution in [2.75, 3.05) is 42.3 Å². The van der Waals surface area contributed by atoms with Gasteiger partial charge >= 0.3 is 220 Å². The summed E-state index contributed by atoms with van der Waals surface area (Å²) in [5.74, 6) is 3.55. The molecule has 0 radical (unpaired) electrons. The van der Waals surface area contributed by atoms with Crippen molar-refractivity contribution in [3.63, 3.8) is 0 Å². The van der Waals surface area contributed by atoms with E-state index in [1.807, 2.05) is 12.1 Å². The minimum atomic E-state index is -2.64. The van der Waals surface area contributed by atoms with Gasteiger partial charge in [-0.1, -0.05) is 0 Å². The zero-order chi connectivity index (χ0) is 26.4. The Kier molecular flexibility index (Phi) is 11.2. The molecular weight excluding hydrogens is 662 g/mol. The van der Waals surface area contributed by atoms with Gasteiger partial charge in [-0.3, -0.25) is 0 Å². The third-order valence-electron chi connectivity index (χ3n) is 5.67. The number of hydrogen-bond acceptors (Lipinski definition) is 7. The van der Waals surface area contributed by atoms with Crippen molar-refractivity contribution < 1.29 is 33.2 Å². The number of ether oxygens (including phenoxy) is 7. The molecule has 0 N–H and O–H groups in total. The summed E-state index contributed by atoms with van der Waals surface area (Å²) >= 11 is -5.26. The first kappa shape index (κ1) is 30.2. The Morgan fingerprint density at radius 2 is 1.14 bits per heavy atom. The van der Waals surface area contributed by atoms with E-state index in [0.29, 0.717) is 30.5 Å². The van der Waals surface area contributed by atoms with Crippen molar-refractivity contribution in [1.82, 2.24) is 0 Å². The van der Waals surface area contributed by atoms with Crippen molar-refractivity contribution >= 4 is 43.9 Å². The van der Waals surface area contributed by atoms with E-state index in [1.54, 1.807) is 35.5 Å². The van der Waals surface area contributed by atoms with Crippen LogP contribution in [0.15, 0.2) is 18.2 Å². The molecule has 0 aliphatic rings. The predicted octanol–water partition coefficient (Wildman–Crippen LogP) is 4.51. The quantitative estimate of drug-likeness (QED) is 0.225. The zero-order valence-electron chi connectivity index (χ0n) is 23.2. The molecule has 0 saturated carbocycles. The third-order valence-corrected chi connectivity index (χ3v) is 17.4. The Bertz CT molecular complexity index is 995. The van der Waals surface area contributed by atoms with E-state index in [4.69, 9.17) is 33.2 Å². The van der Waals surface area contributed by atoms with Crippen LogP contribution in [0.4, 0.5) is 0 Å². The molecule has 9 heteroatoms. The second kappa shape index (κ2) is 13.0. The maximum absolute atomic E-state index is 6.36. The van der Waals surface area contributed by atoms with Gasteiger partial charge in [-0.05, 0) is 0 Å². The number of benzene rings is 2. The fraction of sp³-hybridized carbons (Fsp3) is 0.538. The number of hydrogen-bond donors (Lipinski definition) is 0. The van der Waals surface area contributed by atoms with Gasteiger partial charge in [-0.2, -0.15) is 0 Å². The molecule has 0 atom stereocenters. The van der Waals surface area contributed by atoms with Crippen LogP contribution < -0.4 is 30.8 Å². The summed E-state index contributed by atoms with van der Waals surface area (Å²) in [6.45, 7) is 1.09. The van der Waals surface area contributed by atoms with Crippen LogP contribution in [0.3, 0.4) is 0 Å². The van der Waals surface area contributed by atoms with Crippen molar-refractivity contribution in [2.24, 2.45) is 0 Å². The molecule has 0 amide bonds. The van der Waals surface area contributed by atoms with Gasteiger partial charge in [0.15, 0.2) is 0 Å². The van der Waals surface area contributed by atoms with Crippen LogP contribution in [0.1, 0.15) is 11.1 Å². The zero-order valence-corrected chi connectivity index (χ0v) is 28.9. The second-order valence-electron chi connectivity index (χ2n) is 10.4. The first-order valence-electron chi connectivity index (χ1n) is 11.7. The summed E-state index contributed by atoms with van der Waals surface area (Å²) in [7, 11) is 8.28. The van der Waals surface area contributed by atoms with Crippen LogP contribution in [0.5, 0.6) is 28.7 Å². The van der Waals surface area contributed by atoms with Gasteiger partial charge in [-0.15, -0.1) is 0 Å². The Hall–Kier alpha value is -1.04. The van der Waals surface area contributed by atoms with E-state index in [0.717, 1.165) is 22.6 Å². The molecule has 7 nitrogen and oxygen atoms in total. The van der Waals surface area contributed by atoms with Gasteiger partial charge in [0.1, 0.15) is 0 Å². The van der Waals surface area contributed by atoms with E-state index >= 15 is 0 Å². The summed E-state index contributed by atoms with van der Waals surface area (Å²) in [5, 5.41) is 0. The van der Waals surface area contributed by atoms with Crippen molar-refractivity contribution in [1.29, 1.82) is 0 Å². The van der Waals surface area contributed by atoms with Crippen LogP contribution in [0, 0.1) is 0 Å². The van der Waals surface area contributed by atoms with Gasteiger partial charge < -0.3 is 0 Å². The van der Waals surface area contributed by atoms with Crippen molar-refractivity contribution in [3.05, 3.63) is 29.3 Å². The summed E-state index contributed by atoms with van der Waals surface area (Å²) in [6, 6.07) is 6.06. The summed E-state index contributed by atoms with van der Waals surface area (Å²) in [5.41, 5.74) is 2.24. The Labute approximate surface area is 219 Å². The Morgan fingerprint density at radius 3 is 1.63 bits per heavy atom. The van der Waals surface area contributed by atoms with Crippen LogP contribution in [-0.2, 0) is 22.7 Å². The molecule has 0 spiro atoms. The topological polar surface area (TPSA) is 64.6 Å². The average molecular weight is 704 g/mol. The van der Waals surface area contributed by atoms with Crippen molar-refractivity contribution in [3.8, 4) is 28.7 Å².